The number of pyridine rings is 1. The number of hydrogen-bond donors (Lipinski definition) is 1. The molecule has 105 valence electrons. The van der Waals surface area contributed by atoms with Gasteiger partial charge in [0.2, 0.25) is 0 Å². The molecular formula is C15H20N3OY-. The van der Waals surface area contributed by atoms with Crippen molar-refractivity contribution in [3.8, 4) is 0 Å². The van der Waals surface area contributed by atoms with Gasteiger partial charge in [-0.3, -0.25) is 4.99 Å². The third-order valence-electron chi connectivity index (χ3n) is 3.23. The second-order valence-electron chi connectivity index (χ2n) is 4.55. The Labute approximate surface area is 145 Å². The molecule has 0 atom stereocenters. The van der Waals surface area contributed by atoms with Crippen LogP contribution in [0.2, 0.25) is 0 Å². The number of aromatic nitrogens is 1. The van der Waals surface area contributed by atoms with E-state index in [1.807, 2.05) is 18.5 Å². The molecule has 0 unspecified atom stereocenters. The van der Waals surface area contributed by atoms with Gasteiger partial charge >= 0.3 is 0 Å². The Kier molecular flexibility index (Phi) is 8.19. The van der Waals surface area contributed by atoms with Crippen LogP contribution >= 0.6 is 0 Å². The summed E-state index contributed by atoms with van der Waals surface area (Å²) < 4.78 is 5.31. The van der Waals surface area contributed by atoms with Crippen LogP contribution in [0.1, 0.15) is 31.0 Å². The predicted molar refractivity (Wildman–Crippen MR) is 76.9 cm³/mol. The van der Waals surface area contributed by atoms with Crippen molar-refractivity contribution in [3.63, 3.8) is 0 Å². The first-order valence-corrected chi connectivity index (χ1v) is 6.73. The van der Waals surface area contributed by atoms with Crippen molar-refractivity contribution in [2.24, 2.45) is 10.7 Å². The van der Waals surface area contributed by atoms with E-state index < -0.39 is 0 Å². The molecule has 0 bridgehead atoms. The third-order valence-corrected chi connectivity index (χ3v) is 3.23. The summed E-state index contributed by atoms with van der Waals surface area (Å²) in [5.41, 5.74) is 8.41. The molecule has 1 aromatic heterocycles. The Balaban J connectivity index is 0.00000200. The minimum Gasteiger partial charge on any atom is -0.405 e. The summed E-state index contributed by atoms with van der Waals surface area (Å²) >= 11 is 0. The minimum atomic E-state index is 0. The van der Waals surface area contributed by atoms with Crippen LogP contribution < -0.4 is 5.73 Å². The average Bonchev–Trinajstić information content (AvgIpc) is 2.49. The van der Waals surface area contributed by atoms with Crippen LogP contribution in [-0.4, -0.2) is 30.5 Å². The summed E-state index contributed by atoms with van der Waals surface area (Å²) in [7, 11) is 0. The summed E-state index contributed by atoms with van der Waals surface area (Å²) in [6.07, 6.45) is 8.08. The van der Waals surface area contributed by atoms with Gasteiger partial charge in [-0.25, -0.2) is 0 Å². The van der Waals surface area contributed by atoms with E-state index in [0.717, 1.165) is 49.3 Å². The Morgan fingerprint density at radius 2 is 2.30 bits per heavy atom. The zero-order valence-corrected chi connectivity index (χ0v) is 14.7. The Bertz CT molecular complexity index is 451. The number of nitrogens with two attached hydrogens (primary N) is 1. The first kappa shape index (κ1) is 17.5. The minimum absolute atomic E-state index is 0. The molecule has 1 aliphatic heterocycles. The molecule has 2 N–H and O–H groups in total. The molecule has 0 saturated carbocycles. The summed E-state index contributed by atoms with van der Waals surface area (Å²) in [6, 6.07) is 5.40. The maximum Gasteiger partial charge on any atom is 0.0543 e. The number of rotatable bonds is 4. The number of hydrogen-bond acceptors (Lipinski definition) is 4. The normalized spacial score (nSPS) is 17.1. The van der Waals surface area contributed by atoms with Gasteiger partial charge in [0, 0.05) is 52.1 Å². The summed E-state index contributed by atoms with van der Waals surface area (Å²) in [5, 5.41) is 0. The van der Waals surface area contributed by atoms with E-state index in [-0.39, 0.29) is 32.7 Å². The fourth-order valence-electron chi connectivity index (χ4n) is 1.95. The van der Waals surface area contributed by atoms with Gasteiger partial charge in [0.15, 0.2) is 0 Å². The van der Waals surface area contributed by atoms with E-state index in [0.29, 0.717) is 6.04 Å². The van der Waals surface area contributed by atoms with Gasteiger partial charge in [0.1, 0.15) is 0 Å². The van der Waals surface area contributed by atoms with E-state index in [2.05, 4.69) is 23.0 Å². The summed E-state index contributed by atoms with van der Waals surface area (Å²) in [6.45, 7) is 3.67. The van der Waals surface area contributed by atoms with E-state index in [1.165, 1.54) is 0 Å². The van der Waals surface area contributed by atoms with E-state index >= 15 is 0 Å². The first-order chi connectivity index (χ1) is 9.33. The molecule has 0 aromatic carbocycles. The van der Waals surface area contributed by atoms with Crippen LogP contribution in [0, 0.1) is 6.07 Å². The molecular weight excluding hydrogens is 327 g/mol. The van der Waals surface area contributed by atoms with Crippen LogP contribution in [0.4, 0.5) is 0 Å². The van der Waals surface area contributed by atoms with Gasteiger partial charge in [-0.15, -0.1) is 5.56 Å². The van der Waals surface area contributed by atoms with Crippen molar-refractivity contribution < 1.29 is 37.4 Å². The smallest absolute Gasteiger partial charge is 0.0543 e. The number of allylic oxidation sites excluding steroid dienone is 1. The second kappa shape index (κ2) is 9.38. The molecule has 20 heavy (non-hydrogen) atoms. The largest absolute Gasteiger partial charge is 0.405 e. The number of nitrogens with zero attached hydrogens (tertiary/aromatic N) is 2. The van der Waals surface area contributed by atoms with Crippen LogP contribution in [0.25, 0.3) is 5.57 Å². The average molecular weight is 347 g/mol. The van der Waals surface area contributed by atoms with Crippen molar-refractivity contribution in [2.45, 2.75) is 32.2 Å². The van der Waals surface area contributed by atoms with Crippen molar-refractivity contribution in [2.75, 3.05) is 13.2 Å². The molecule has 1 aromatic rings. The van der Waals surface area contributed by atoms with Crippen molar-refractivity contribution >= 4 is 11.8 Å². The van der Waals surface area contributed by atoms with Crippen molar-refractivity contribution in [3.05, 3.63) is 35.8 Å². The molecule has 1 radical (unpaired) electrons. The quantitative estimate of drug-likeness (QED) is 0.669. The molecule has 0 amide bonds. The molecule has 0 spiro atoms. The molecule has 0 aliphatic carbocycles. The van der Waals surface area contributed by atoms with Gasteiger partial charge in [0.25, 0.3) is 0 Å². The van der Waals surface area contributed by atoms with Crippen LogP contribution in [0.5, 0.6) is 0 Å². The second-order valence-corrected chi connectivity index (χ2v) is 4.55. The summed E-state index contributed by atoms with van der Waals surface area (Å²) in [4.78, 5) is 8.96. The molecule has 2 heterocycles. The van der Waals surface area contributed by atoms with Gasteiger partial charge in [0.05, 0.1) is 6.04 Å². The summed E-state index contributed by atoms with van der Waals surface area (Å²) in [5.74, 6) is 0. The predicted octanol–water partition coefficient (Wildman–Crippen LogP) is 1.99. The fraction of sp³-hybridized carbons (Fsp3) is 0.467. The van der Waals surface area contributed by atoms with E-state index in [4.69, 9.17) is 10.5 Å². The first-order valence-electron chi connectivity index (χ1n) is 6.73. The number of aliphatic imine (C=N–C) groups is 1. The van der Waals surface area contributed by atoms with Gasteiger partial charge in [-0.1, -0.05) is 19.5 Å². The molecule has 1 aliphatic rings. The van der Waals surface area contributed by atoms with Crippen LogP contribution in [-0.2, 0) is 43.9 Å². The molecule has 1 saturated heterocycles. The standard InChI is InChI=1S/C15H20N3O.Y/c1-2-12-3-4-15(18-10-12)13(9-16)11-17-14-5-7-19-8-6-14;/h4,9-11,14H,2,5-8,16H2,1H3;/q-1;/b13-9+,17-11?;. The monoisotopic (exact) mass is 347 g/mol. The fourth-order valence-corrected chi connectivity index (χ4v) is 1.95. The van der Waals surface area contributed by atoms with Gasteiger partial charge in [-0.2, -0.15) is 12.1 Å². The van der Waals surface area contributed by atoms with Crippen LogP contribution in [0.3, 0.4) is 0 Å². The maximum absolute atomic E-state index is 5.66. The van der Waals surface area contributed by atoms with Gasteiger partial charge < -0.3 is 15.5 Å². The Morgan fingerprint density at radius 3 is 2.85 bits per heavy atom. The SMILES string of the molecule is CCc1[c-]cc(/C(C=NC2CCOCC2)=C/N)nc1.[Y]. The Hall–Kier alpha value is -0.576. The van der Waals surface area contributed by atoms with Gasteiger partial charge in [-0.05, 0) is 30.3 Å². The number of ether oxygens (including phenoxy) is 1. The number of aryl methyl sites for hydroxylation is 1. The maximum atomic E-state index is 5.66. The van der Waals surface area contributed by atoms with E-state index in [9.17, 15) is 0 Å². The molecule has 4 nitrogen and oxygen atoms in total. The topological polar surface area (TPSA) is 60.5 Å². The molecule has 2 rings (SSSR count). The molecule has 5 heteroatoms. The van der Waals surface area contributed by atoms with E-state index in [1.54, 1.807) is 6.20 Å². The van der Waals surface area contributed by atoms with Crippen LogP contribution in [0.15, 0.2) is 23.5 Å². The Morgan fingerprint density at radius 1 is 1.55 bits per heavy atom. The molecule has 1 fully saturated rings. The third kappa shape index (κ3) is 5.08. The zero-order valence-electron chi connectivity index (χ0n) is 11.9. The zero-order chi connectivity index (χ0) is 13.5. The van der Waals surface area contributed by atoms with Crippen molar-refractivity contribution in [1.29, 1.82) is 0 Å². The van der Waals surface area contributed by atoms with Crippen molar-refractivity contribution in [1.82, 2.24) is 4.98 Å².